The van der Waals surface area contributed by atoms with E-state index >= 15 is 4.39 Å². The van der Waals surface area contributed by atoms with Gasteiger partial charge in [-0.1, -0.05) is 0 Å². The van der Waals surface area contributed by atoms with E-state index in [1.165, 1.54) is 13.3 Å². The Morgan fingerprint density at radius 3 is 2.57 bits per heavy atom. The van der Waals surface area contributed by atoms with Crippen molar-refractivity contribution in [3.8, 4) is 5.75 Å². The molecule has 9 heteroatoms. The zero-order valence-electron chi connectivity index (χ0n) is 15.3. The molecule has 1 aliphatic heterocycles. The number of nitrogens with zero attached hydrogens (tertiary/aromatic N) is 2. The minimum Gasteiger partial charge on any atom is -0.492 e. The first-order chi connectivity index (χ1) is 13.3. The van der Waals surface area contributed by atoms with Gasteiger partial charge < -0.3 is 29.5 Å². The molecule has 3 N–H and O–H groups in total. The Balaban J connectivity index is 1.97. The van der Waals surface area contributed by atoms with Crippen LogP contribution in [0.3, 0.4) is 0 Å². The van der Waals surface area contributed by atoms with E-state index in [1.54, 1.807) is 9.47 Å². The number of methoxy groups -OCH3 is 1. The highest BCUT2D eigenvalue weighted by atomic mass is 19.1. The average Bonchev–Trinajstić information content (AvgIpc) is 3.37. The van der Waals surface area contributed by atoms with Crippen LogP contribution >= 0.6 is 0 Å². The predicted octanol–water partition coefficient (Wildman–Crippen LogP) is 1.32. The first-order valence-corrected chi connectivity index (χ1v) is 9.13. The number of rotatable bonds is 5. The molecule has 1 saturated heterocycles. The summed E-state index contributed by atoms with van der Waals surface area (Å²) in [6.07, 6.45) is 1.94. The number of carboxylic acid groups (broad SMARTS) is 1. The molecule has 150 valence electrons. The van der Waals surface area contributed by atoms with E-state index < -0.39 is 35.0 Å². The van der Waals surface area contributed by atoms with E-state index in [2.05, 4.69) is 0 Å². The number of hydrogen-bond acceptors (Lipinski definition) is 6. The standard InChI is InChI=1S/C19H21FN2O6/c1-28-17-14-11(16(23)12(19(26)27)8-22(14)10-2-3-10)6-13(20)15(17)21-5-4-9(7-21)18(24)25/h6,8-10,18,24-25H,2-5,7H2,1H3,(H,26,27). The van der Waals surface area contributed by atoms with Crippen LogP contribution in [0.5, 0.6) is 5.75 Å². The second-order valence-electron chi connectivity index (χ2n) is 7.36. The maximum absolute atomic E-state index is 15.1. The summed E-state index contributed by atoms with van der Waals surface area (Å²) >= 11 is 0. The number of aliphatic hydroxyl groups excluding tert-OH is 1. The van der Waals surface area contributed by atoms with Gasteiger partial charge in [-0.05, 0) is 25.3 Å². The summed E-state index contributed by atoms with van der Waals surface area (Å²) in [5, 5.41) is 28.2. The van der Waals surface area contributed by atoms with Gasteiger partial charge in [-0.3, -0.25) is 4.79 Å². The van der Waals surface area contributed by atoms with Gasteiger partial charge in [0, 0.05) is 31.2 Å². The number of carboxylic acids is 1. The molecule has 0 radical (unpaired) electrons. The number of aromatic carboxylic acids is 1. The van der Waals surface area contributed by atoms with Crippen LogP contribution in [-0.4, -0.2) is 52.3 Å². The van der Waals surface area contributed by atoms with Crippen LogP contribution in [0.15, 0.2) is 17.1 Å². The Kier molecular flexibility index (Phi) is 4.51. The van der Waals surface area contributed by atoms with Crippen molar-refractivity contribution in [3.63, 3.8) is 0 Å². The fraction of sp³-hybridized carbons (Fsp3) is 0.474. The van der Waals surface area contributed by atoms with Gasteiger partial charge in [0.25, 0.3) is 0 Å². The molecule has 0 spiro atoms. The predicted molar refractivity (Wildman–Crippen MR) is 98.5 cm³/mol. The monoisotopic (exact) mass is 392 g/mol. The van der Waals surface area contributed by atoms with Crippen LogP contribution in [0.4, 0.5) is 10.1 Å². The van der Waals surface area contributed by atoms with Crippen LogP contribution < -0.4 is 15.1 Å². The maximum Gasteiger partial charge on any atom is 0.341 e. The van der Waals surface area contributed by atoms with Crippen molar-refractivity contribution in [2.24, 2.45) is 5.92 Å². The average molecular weight is 392 g/mol. The number of hydrogen-bond donors (Lipinski definition) is 3. The van der Waals surface area contributed by atoms with Crippen LogP contribution in [0.1, 0.15) is 35.7 Å². The molecule has 8 nitrogen and oxygen atoms in total. The molecule has 0 bridgehead atoms. The normalized spacial score (nSPS) is 19.6. The number of carbonyl (C=O) groups is 1. The molecule has 2 aliphatic rings. The fourth-order valence-corrected chi connectivity index (χ4v) is 3.96. The number of pyridine rings is 1. The van der Waals surface area contributed by atoms with Gasteiger partial charge in [0.05, 0.1) is 18.0 Å². The lowest BCUT2D eigenvalue weighted by Crippen LogP contribution is -2.27. The molecule has 2 fully saturated rings. The first kappa shape index (κ1) is 18.7. The molecule has 1 aromatic carbocycles. The highest BCUT2D eigenvalue weighted by molar-refractivity contribution is 5.97. The van der Waals surface area contributed by atoms with Gasteiger partial charge in [-0.2, -0.15) is 0 Å². The van der Waals surface area contributed by atoms with Crippen molar-refractivity contribution in [1.29, 1.82) is 0 Å². The zero-order valence-corrected chi connectivity index (χ0v) is 15.3. The zero-order chi connectivity index (χ0) is 20.2. The molecule has 1 saturated carbocycles. The number of anilines is 1. The fourth-order valence-electron chi connectivity index (χ4n) is 3.96. The van der Waals surface area contributed by atoms with E-state index in [-0.39, 0.29) is 29.4 Å². The van der Waals surface area contributed by atoms with Crippen molar-refractivity contribution in [3.05, 3.63) is 33.9 Å². The van der Waals surface area contributed by atoms with E-state index in [9.17, 15) is 24.9 Å². The highest BCUT2D eigenvalue weighted by Crippen LogP contribution is 2.44. The van der Waals surface area contributed by atoms with Crippen molar-refractivity contribution in [1.82, 2.24) is 4.57 Å². The van der Waals surface area contributed by atoms with Crippen molar-refractivity contribution >= 4 is 22.6 Å². The Hall–Kier alpha value is -2.65. The van der Waals surface area contributed by atoms with Crippen LogP contribution in [0, 0.1) is 11.7 Å². The van der Waals surface area contributed by atoms with Gasteiger partial charge >= 0.3 is 5.97 Å². The maximum atomic E-state index is 15.1. The molecule has 1 atom stereocenters. The van der Waals surface area contributed by atoms with Crippen molar-refractivity contribution < 1.29 is 29.2 Å². The van der Waals surface area contributed by atoms with Gasteiger partial charge in [-0.25, -0.2) is 9.18 Å². The number of aromatic nitrogens is 1. The Labute approximate surface area is 159 Å². The second-order valence-corrected chi connectivity index (χ2v) is 7.36. The number of aliphatic hydroxyl groups is 2. The summed E-state index contributed by atoms with van der Waals surface area (Å²) in [6, 6.07) is 1.09. The molecule has 1 unspecified atom stereocenters. The molecule has 2 heterocycles. The van der Waals surface area contributed by atoms with E-state index in [0.717, 1.165) is 18.9 Å². The quantitative estimate of drug-likeness (QED) is 0.658. The lowest BCUT2D eigenvalue weighted by Gasteiger charge is -2.25. The largest absolute Gasteiger partial charge is 0.492 e. The van der Waals surface area contributed by atoms with Crippen molar-refractivity contribution in [2.75, 3.05) is 25.1 Å². The third-order valence-electron chi connectivity index (χ3n) is 5.54. The Bertz CT molecular complexity index is 1010. The van der Waals surface area contributed by atoms with Crippen LogP contribution in [0.25, 0.3) is 10.9 Å². The van der Waals surface area contributed by atoms with E-state index in [1.807, 2.05) is 0 Å². The molecular weight excluding hydrogens is 371 g/mol. The molecule has 1 aliphatic carbocycles. The second kappa shape index (κ2) is 6.75. The smallest absolute Gasteiger partial charge is 0.341 e. The molecule has 0 amide bonds. The van der Waals surface area contributed by atoms with Gasteiger partial charge in [-0.15, -0.1) is 0 Å². The third-order valence-corrected chi connectivity index (χ3v) is 5.54. The van der Waals surface area contributed by atoms with Crippen molar-refractivity contribution in [2.45, 2.75) is 31.6 Å². The Morgan fingerprint density at radius 2 is 2.04 bits per heavy atom. The van der Waals surface area contributed by atoms with E-state index in [0.29, 0.717) is 18.5 Å². The number of benzene rings is 1. The first-order valence-electron chi connectivity index (χ1n) is 9.13. The SMILES string of the molecule is COc1c(N2CCC(C(O)O)C2)c(F)cc2c(=O)c(C(=O)O)cn(C3CC3)c12. The minimum absolute atomic E-state index is 0.0269. The van der Waals surface area contributed by atoms with E-state index in [4.69, 9.17) is 4.74 Å². The minimum atomic E-state index is -1.50. The number of halogens is 1. The summed E-state index contributed by atoms with van der Waals surface area (Å²) in [5.41, 5.74) is -0.647. The Morgan fingerprint density at radius 1 is 1.32 bits per heavy atom. The van der Waals surface area contributed by atoms with Crippen LogP contribution in [-0.2, 0) is 0 Å². The molecule has 28 heavy (non-hydrogen) atoms. The number of fused-ring (bicyclic) bond motifs is 1. The van der Waals surface area contributed by atoms with Crippen LogP contribution in [0.2, 0.25) is 0 Å². The van der Waals surface area contributed by atoms with Gasteiger partial charge in [0.1, 0.15) is 11.3 Å². The topological polar surface area (TPSA) is 112 Å². The molecule has 4 rings (SSSR count). The molecule has 2 aromatic rings. The summed E-state index contributed by atoms with van der Waals surface area (Å²) in [6.45, 7) is 0.638. The summed E-state index contributed by atoms with van der Waals surface area (Å²) in [7, 11) is 1.37. The van der Waals surface area contributed by atoms with Gasteiger partial charge in [0.2, 0.25) is 5.43 Å². The summed E-state index contributed by atoms with van der Waals surface area (Å²) < 4.78 is 22.3. The number of ether oxygens (including phenoxy) is 1. The third kappa shape index (κ3) is 2.91. The lowest BCUT2D eigenvalue weighted by atomic mass is 10.1. The summed E-state index contributed by atoms with van der Waals surface area (Å²) in [5.74, 6) is -2.33. The molecule has 1 aromatic heterocycles. The van der Waals surface area contributed by atoms with Gasteiger partial charge in [0.15, 0.2) is 17.9 Å². The summed E-state index contributed by atoms with van der Waals surface area (Å²) in [4.78, 5) is 25.8. The highest BCUT2D eigenvalue weighted by Gasteiger charge is 2.34. The lowest BCUT2D eigenvalue weighted by molar-refractivity contribution is -0.0772. The molecular formula is C19H21FN2O6.